The Bertz CT molecular complexity index is 1060. The SMILES string of the molecule is CCNc1nc(C)cc(N2CCN(S(=O)(=O)c3ccc4c(c3)CCC(=O)N4)CC2)n1. The summed E-state index contributed by atoms with van der Waals surface area (Å²) in [7, 11) is -3.59. The molecule has 30 heavy (non-hydrogen) atoms. The summed E-state index contributed by atoms with van der Waals surface area (Å²) in [4.78, 5) is 22.8. The molecule has 0 aliphatic carbocycles. The van der Waals surface area contributed by atoms with Crippen molar-refractivity contribution in [2.24, 2.45) is 0 Å². The molecule has 1 aromatic carbocycles. The first-order valence-corrected chi connectivity index (χ1v) is 11.6. The van der Waals surface area contributed by atoms with E-state index in [9.17, 15) is 13.2 Å². The number of hydrogen-bond donors (Lipinski definition) is 2. The number of nitrogens with one attached hydrogen (secondary N) is 2. The van der Waals surface area contributed by atoms with Gasteiger partial charge in [0.25, 0.3) is 0 Å². The lowest BCUT2D eigenvalue weighted by atomic mass is 10.0. The summed E-state index contributed by atoms with van der Waals surface area (Å²) in [6, 6.07) is 6.86. The van der Waals surface area contributed by atoms with Crippen LogP contribution >= 0.6 is 0 Å². The maximum Gasteiger partial charge on any atom is 0.243 e. The lowest BCUT2D eigenvalue weighted by Gasteiger charge is -2.35. The Morgan fingerprint density at radius 3 is 2.60 bits per heavy atom. The number of hydrogen-bond acceptors (Lipinski definition) is 7. The Hall–Kier alpha value is -2.72. The number of aryl methyl sites for hydroxylation is 2. The van der Waals surface area contributed by atoms with Crippen molar-refractivity contribution < 1.29 is 13.2 Å². The zero-order valence-corrected chi connectivity index (χ0v) is 18.0. The Balaban J connectivity index is 1.48. The number of carbonyl (C=O) groups excluding carboxylic acids is 1. The van der Waals surface area contributed by atoms with Crippen LogP contribution in [-0.2, 0) is 21.2 Å². The molecule has 0 saturated carbocycles. The smallest absolute Gasteiger partial charge is 0.243 e. The van der Waals surface area contributed by atoms with Gasteiger partial charge in [-0.25, -0.2) is 13.4 Å². The molecule has 0 unspecified atom stereocenters. The first kappa shape index (κ1) is 20.5. The first-order valence-electron chi connectivity index (χ1n) is 10.1. The lowest BCUT2D eigenvalue weighted by Crippen LogP contribution is -2.49. The van der Waals surface area contributed by atoms with Gasteiger partial charge in [-0.3, -0.25) is 4.79 Å². The van der Waals surface area contributed by atoms with Gasteiger partial charge >= 0.3 is 0 Å². The highest BCUT2D eigenvalue weighted by Gasteiger charge is 2.30. The van der Waals surface area contributed by atoms with E-state index in [1.54, 1.807) is 18.2 Å². The van der Waals surface area contributed by atoms with Gasteiger partial charge in [0, 0.05) is 56.6 Å². The van der Waals surface area contributed by atoms with Gasteiger partial charge in [0.2, 0.25) is 21.9 Å². The number of anilines is 3. The van der Waals surface area contributed by atoms with E-state index >= 15 is 0 Å². The summed E-state index contributed by atoms with van der Waals surface area (Å²) in [5, 5.41) is 5.92. The van der Waals surface area contributed by atoms with Crippen molar-refractivity contribution in [1.29, 1.82) is 0 Å². The summed E-state index contributed by atoms with van der Waals surface area (Å²) in [5.74, 6) is 1.36. The second kappa shape index (κ2) is 8.19. The monoisotopic (exact) mass is 430 g/mol. The van der Waals surface area contributed by atoms with Crippen molar-refractivity contribution in [2.45, 2.75) is 31.6 Å². The largest absolute Gasteiger partial charge is 0.354 e. The van der Waals surface area contributed by atoms with Gasteiger partial charge < -0.3 is 15.5 Å². The van der Waals surface area contributed by atoms with Crippen molar-refractivity contribution in [3.8, 4) is 0 Å². The number of piperazine rings is 1. The average Bonchev–Trinajstić information content (AvgIpc) is 2.73. The molecule has 1 aromatic heterocycles. The molecule has 3 heterocycles. The highest BCUT2D eigenvalue weighted by atomic mass is 32.2. The summed E-state index contributed by atoms with van der Waals surface area (Å²) < 4.78 is 27.8. The zero-order chi connectivity index (χ0) is 21.3. The molecule has 0 bridgehead atoms. The van der Waals surface area contributed by atoms with Gasteiger partial charge in [0.15, 0.2) is 0 Å². The molecule has 0 radical (unpaired) electrons. The Morgan fingerprint density at radius 1 is 1.10 bits per heavy atom. The van der Waals surface area contributed by atoms with Crippen molar-refractivity contribution in [3.63, 3.8) is 0 Å². The van der Waals surface area contributed by atoms with Crippen molar-refractivity contribution in [2.75, 3.05) is 48.3 Å². The molecular weight excluding hydrogens is 404 g/mol. The van der Waals surface area contributed by atoms with Crippen LogP contribution in [-0.4, -0.2) is 61.3 Å². The Kier molecular flexibility index (Phi) is 5.61. The van der Waals surface area contributed by atoms with Crippen molar-refractivity contribution >= 4 is 33.4 Å². The molecule has 0 atom stereocenters. The topological polar surface area (TPSA) is 108 Å². The number of sulfonamides is 1. The molecule has 10 heteroatoms. The third-order valence-corrected chi connectivity index (χ3v) is 7.24. The molecule has 2 N–H and O–H groups in total. The predicted molar refractivity (Wildman–Crippen MR) is 115 cm³/mol. The van der Waals surface area contributed by atoms with Crippen LogP contribution < -0.4 is 15.5 Å². The van der Waals surface area contributed by atoms with Gasteiger partial charge in [-0.1, -0.05) is 0 Å². The van der Waals surface area contributed by atoms with Crippen LogP contribution in [0.2, 0.25) is 0 Å². The number of benzene rings is 1. The van der Waals surface area contributed by atoms with Crippen molar-refractivity contribution in [3.05, 3.63) is 35.5 Å². The van der Waals surface area contributed by atoms with Crippen LogP contribution in [0.5, 0.6) is 0 Å². The van der Waals surface area contributed by atoms with Crippen molar-refractivity contribution in [1.82, 2.24) is 14.3 Å². The van der Waals surface area contributed by atoms with E-state index in [-0.39, 0.29) is 10.8 Å². The average molecular weight is 431 g/mol. The first-order chi connectivity index (χ1) is 14.4. The second-order valence-electron chi connectivity index (χ2n) is 7.48. The van der Waals surface area contributed by atoms with Crippen LogP contribution in [0.15, 0.2) is 29.2 Å². The molecule has 1 saturated heterocycles. The number of nitrogens with zero attached hydrogens (tertiary/aromatic N) is 4. The normalized spacial score (nSPS) is 17.4. The van der Waals surface area contributed by atoms with E-state index in [4.69, 9.17) is 0 Å². The highest BCUT2D eigenvalue weighted by Crippen LogP contribution is 2.28. The summed E-state index contributed by atoms with van der Waals surface area (Å²) in [6.45, 7) is 6.53. The molecule has 160 valence electrons. The molecule has 0 spiro atoms. The molecule has 1 amide bonds. The van der Waals surface area contributed by atoms with Gasteiger partial charge in [0.1, 0.15) is 5.82 Å². The van der Waals surface area contributed by atoms with Crippen LogP contribution in [0.1, 0.15) is 24.6 Å². The second-order valence-corrected chi connectivity index (χ2v) is 9.42. The van der Waals surface area contributed by atoms with Crippen LogP contribution in [0.25, 0.3) is 0 Å². The maximum absolute atomic E-state index is 13.2. The third-order valence-electron chi connectivity index (χ3n) is 5.35. The van der Waals surface area contributed by atoms with Crippen LogP contribution in [0, 0.1) is 6.92 Å². The fraction of sp³-hybridized carbons (Fsp3) is 0.450. The number of carbonyl (C=O) groups is 1. The quantitative estimate of drug-likeness (QED) is 0.742. The summed E-state index contributed by atoms with van der Waals surface area (Å²) in [5.41, 5.74) is 2.43. The van der Waals surface area contributed by atoms with Gasteiger partial charge in [-0.05, 0) is 44.0 Å². The van der Waals surface area contributed by atoms with E-state index in [1.807, 2.05) is 19.9 Å². The van der Waals surface area contributed by atoms with Gasteiger partial charge in [0.05, 0.1) is 4.90 Å². The molecule has 9 nitrogen and oxygen atoms in total. The van der Waals surface area contributed by atoms with E-state index in [0.717, 1.165) is 23.6 Å². The molecule has 2 aliphatic rings. The van der Waals surface area contributed by atoms with E-state index < -0.39 is 10.0 Å². The lowest BCUT2D eigenvalue weighted by molar-refractivity contribution is -0.116. The minimum atomic E-state index is -3.59. The molecule has 2 aliphatic heterocycles. The van der Waals surface area contributed by atoms with Crippen LogP contribution in [0.4, 0.5) is 17.5 Å². The predicted octanol–water partition coefficient (Wildman–Crippen LogP) is 1.61. The highest BCUT2D eigenvalue weighted by molar-refractivity contribution is 7.89. The summed E-state index contributed by atoms with van der Waals surface area (Å²) in [6.07, 6.45) is 0.932. The summed E-state index contributed by atoms with van der Waals surface area (Å²) >= 11 is 0. The van der Waals surface area contributed by atoms with Crippen LogP contribution in [0.3, 0.4) is 0 Å². The Labute approximate surface area is 176 Å². The van der Waals surface area contributed by atoms with Gasteiger partial charge in [-0.2, -0.15) is 9.29 Å². The molecule has 4 rings (SSSR count). The minimum absolute atomic E-state index is 0.0357. The molecular formula is C20H26N6O3S. The fourth-order valence-electron chi connectivity index (χ4n) is 3.78. The fourth-order valence-corrected chi connectivity index (χ4v) is 5.25. The van der Waals surface area contributed by atoms with Gasteiger partial charge in [-0.15, -0.1) is 0 Å². The minimum Gasteiger partial charge on any atom is -0.354 e. The zero-order valence-electron chi connectivity index (χ0n) is 17.2. The maximum atomic E-state index is 13.2. The number of amides is 1. The van der Waals surface area contributed by atoms with E-state index in [2.05, 4.69) is 25.5 Å². The number of fused-ring (bicyclic) bond motifs is 1. The Morgan fingerprint density at radius 2 is 1.87 bits per heavy atom. The molecule has 1 fully saturated rings. The molecule has 2 aromatic rings. The van der Waals surface area contributed by atoms with E-state index in [0.29, 0.717) is 50.7 Å². The van der Waals surface area contributed by atoms with E-state index in [1.165, 1.54) is 4.31 Å². The standard InChI is InChI=1S/C20H26N6O3S/c1-3-21-20-22-14(2)12-18(24-20)25-8-10-26(11-9-25)30(28,29)16-5-6-17-15(13-16)4-7-19(27)23-17/h5-6,12-13H,3-4,7-11H2,1-2H3,(H,23,27)(H,21,22,24). The number of rotatable bonds is 5. The third kappa shape index (κ3) is 4.10. The number of aromatic nitrogens is 2.